The molecule has 0 unspecified atom stereocenters. The van der Waals surface area contributed by atoms with Crippen LogP contribution in [0, 0.1) is 29.2 Å². The Morgan fingerprint density at radius 2 is 0.561 bits per heavy atom. The van der Waals surface area contributed by atoms with Gasteiger partial charge < -0.3 is 9.13 Å². The molecule has 0 fully saturated rings. The molecule has 8 heteroatoms. The van der Waals surface area contributed by atoms with Crippen molar-refractivity contribution in [2.24, 2.45) is 0 Å². The van der Waals surface area contributed by atoms with Gasteiger partial charge in [0.15, 0.2) is 23.2 Å². The van der Waals surface area contributed by atoms with Gasteiger partial charge in [-0.05, 0) is 181 Å². The fourth-order valence-corrected chi connectivity index (χ4v) is 13.8. The lowest BCUT2D eigenvalue weighted by molar-refractivity contribution is 1.06. The van der Waals surface area contributed by atoms with E-state index in [1.165, 1.54) is 0 Å². The van der Waals surface area contributed by atoms with Crippen LogP contribution in [0.5, 0.6) is 0 Å². The molecule has 0 saturated heterocycles. The summed E-state index contributed by atoms with van der Waals surface area (Å²) in [5, 5.41) is 24.4. The van der Waals surface area contributed by atoms with Crippen LogP contribution < -0.4 is 0 Å². The van der Waals surface area contributed by atoms with E-state index < -0.39 is 0 Å². The van der Waals surface area contributed by atoms with Crippen LogP contribution in [0.1, 0.15) is 11.1 Å². The van der Waals surface area contributed by atoms with Crippen LogP contribution in [0.25, 0.3) is 172 Å². The third kappa shape index (κ3) is 10.6. The lowest BCUT2D eigenvalue weighted by atomic mass is 9.99. The van der Waals surface area contributed by atoms with Gasteiger partial charge in [0.05, 0.1) is 63.3 Å². The van der Waals surface area contributed by atoms with Crippen molar-refractivity contribution in [2.75, 3.05) is 0 Å². The Morgan fingerprint density at radius 3 is 0.959 bits per heavy atom. The molecule has 98 heavy (non-hydrogen) atoms. The van der Waals surface area contributed by atoms with E-state index in [0.29, 0.717) is 34.3 Å². The first-order valence-electron chi connectivity index (χ1n) is 32.4. The predicted octanol–water partition coefficient (Wildman–Crippen LogP) is 23.0. The zero-order valence-corrected chi connectivity index (χ0v) is 52.8. The molecule has 0 amide bonds. The minimum absolute atomic E-state index is 0.437. The quantitative estimate of drug-likeness (QED) is 0.113. The molecule has 454 valence electrons. The Hall–Kier alpha value is -13.8. The van der Waals surface area contributed by atoms with Crippen LogP contribution in [0.2, 0.25) is 0 Å². The molecule has 3 aromatic heterocycles. The van der Waals surface area contributed by atoms with Gasteiger partial charge in [0.25, 0.3) is 0 Å². The number of hydrogen-bond donors (Lipinski definition) is 0. The van der Waals surface area contributed by atoms with Gasteiger partial charge in [0.1, 0.15) is 0 Å². The van der Waals surface area contributed by atoms with Crippen molar-refractivity contribution in [1.82, 2.24) is 24.1 Å². The van der Waals surface area contributed by atoms with Gasteiger partial charge in [-0.3, -0.25) is 0 Å². The normalized spacial score (nSPS) is 11.2. The lowest BCUT2D eigenvalue weighted by Crippen LogP contribution is -2.06. The van der Waals surface area contributed by atoms with Crippen LogP contribution in [0.3, 0.4) is 0 Å². The summed E-state index contributed by atoms with van der Waals surface area (Å²) in [5.74, 6) is 1.32. The van der Waals surface area contributed by atoms with Crippen LogP contribution in [-0.4, -0.2) is 24.1 Å². The summed E-state index contributed by atoms with van der Waals surface area (Å²) in [6.45, 7) is 7.84. The zero-order valence-electron chi connectivity index (χ0n) is 52.8. The van der Waals surface area contributed by atoms with Crippen LogP contribution >= 0.6 is 0 Å². The number of benzene rings is 14. The van der Waals surface area contributed by atoms with E-state index in [9.17, 15) is 10.5 Å². The third-order valence-corrected chi connectivity index (χ3v) is 18.7. The molecule has 0 aliphatic rings. The standard InChI is InChI=1S/C90H54N8/c1-93-75-40-32-65(33-41-75)73-35-43-77(87(55-73)98-84-46-38-70(62-21-10-4-11-22-62)52-80(84)81-53-71(39-47-85(81)98)63-23-12-5-13-24-63)90-95-88(74-27-15-26-67(49-74)66-25-14-16-59(48-66)57-92)94-89(96-90)76-42-34-72(64-30-28-58(56-91)29-31-64)54-86(76)97-82-44-36-68(60-17-6-2-7-18-60)50-78(82)79-51-69(37-45-83(79)97)61-19-8-3-9-20-61/h2-55H. The molecule has 0 atom stereocenters. The molecule has 0 radical (unpaired) electrons. The largest absolute Gasteiger partial charge is 0.308 e. The van der Waals surface area contributed by atoms with Crippen molar-refractivity contribution in [3.05, 3.63) is 350 Å². The average molecular weight is 1250 g/mol. The highest BCUT2D eigenvalue weighted by molar-refractivity contribution is 6.14. The van der Waals surface area contributed by atoms with Gasteiger partial charge in [-0.15, -0.1) is 0 Å². The summed E-state index contributed by atoms with van der Waals surface area (Å²) in [5.41, 5.74) is 24.0. The van der Waals surface area contributed by atoms with Crippen molar-refractivity contribution < 1.29 is 0 Å². The average Bonchev–Trinajstić information content (AvgIpc) is 1.56. The summed E-state index contributed by atoms with van der Waals surface area (Å²) < 4.78 is 4.71. The maximum Gasteiger partial charge on any atom is 0.187 e. The molecular formula is C90H54N8. The van der Waals surface area contributed by atoms with Gasteiger partial charge in [-0.1, -0.05) is 224 Å². The lowest BCUT2D eigenvalue weighted by Gasteiger charge is -2.18. The Bertz CT molecular complexity index is 5590. The first-order chi connectivity index (χ1) is 48.4. The van der Waals surface area contributed by atoms with Crippen molar-refractivity contribution in [1.29, 1.82) is 10.5 Å². The molecule has 14 aromatic carbocycles. The van der Waals surface area contributed by atoms with Crippen molar-refractivity contribution in [3.8, 4) is 136 Å². The molecule has 0 N–H and O–H groups in total. The van der Waals surface area contributed by atoms with Gasteiger partial charge in [0.2, 0.25) is 0 Å². The Balaban J connectivity index is 0.959. The van der Waals surface area contributed by atoms with Gasteiger partial charge in [-0.2, -0.15) is 10.5 Å². The SMILES string of the molecule is [C-]#[N+]c1ccc(-c2ccc(-c3nc(-c4cccc(-c5cccc(C#N)c5)c4)nc(-c4ccc(-c5ccc(C#N)cc5)cc4-n4c5ccc(-c6ccccc6)cc5c5cc(-c6ccccc6)ccc54)n3)c(-n3c4ccc(-c5ccccc5)cc4c4cc(-c5ccccc5)ccc43)c2)cc1. The number of fused-ring (bicyclic) bond motifs is 6. The van der Waals surface area contributed by atoms with Gasteiger partial charge in [-0.25, -0.2) is 19.8 Å². The first-order valence-corrected chi connectivity index (χ1v) is 32.4. The highest BCUT2D eigenvalue weighted by atomic mass is 15.1. The molecule has 8 nitrogen and oxygen atoms in total. The number of nitrogens with zero attached hydrogens (tertiary/aromatic N) is 8. The van der Waals surface area contributed by atoms with E-state index in [4.69, 9.17) is 21.5 Å². The third-order valence-electron chi connectivity index (χ3n) is 18.7. The van der Waals surface area contributed by atoms with E-state index >= 15 is 0 Å². The second-order valence-electron chi connectivity index (χ2n) is 24.5. The summed E-state index contributed by atoms with van der Waals surface area (Å²) in [6.07, 6.45) is 0. The molecular weight excluding hydrogens is 1190 g/mol. The fourth-order valence-electron chi connectivity index (χ4n) is 13.8. The van der Waals surface area contributed by atoms with E-state index in [-0.39, 0.29) is 0 Å². The molecule has 17 aromatic rings. The topological polar surface area (TPSA) is 100 Å². The Kier molecular flexibility index (Phi) is 14.5. The number of rotatable bonds is 12. The summed E-state index contributed by atoms with van der Waals surface area (Å²) >= 11 is 0. The number of hydrogen-bond acceptors (Lipinski definition) is 5. The minimum atomic E-state index is 0.437. The van der Waals surface area contributed by atoms with Crippen LogP contribution in [0.4, 0.5) is 5.69 Å². The summed E-state index contributed by atoms with van der Waals surface area (Å²) in [4.78, 5) is 20.8. The highest BCUT2D eigenvalue weighted by Gasteiger charge is 2.25. The van der Waals surface area contributed by atoms with E-state index in [2.05, 4.69) is 238 Å². The minimum Gasteiger partial charge on any atom is -0.308 e. The van der Waals surface area contributed by atoms with Crippen LogP contribution in [-0.2, 0) is 0 Å². The molecule has 0 aliphatic carbocycles. The summed E-state index contributed by atoms with van der Waals surface area (Å²) in [7, 11) is 0. The van der Waals surface area contributed by atoms with Crippen molar-refractivity contribution >= 4 is 49.3 Å². The number of aromatic nitrogens is 5. The molecule has 0 aliphatic heterocycles. The van der Waals surface area contributed by atoms with E-state index in [1.54, 1.807) is 0 Å². The Morgan fingerprint density at radius 1 is 0.255 bits per heavy atom. The van der Waals surface area contributed by atoms with Gasteiger partial charge in [0, 0.05) is 38.2 Å². The van der Waals surface area contributed by atoms with E-state index in [0.717, 1.165) is 150 Å². The molecule has 17 rings (SSSR count). The highest BCUT2D eigenvalue weighted by Crippen LogP contribution is 2.45. The van der Waals surface area contributed by atoms with E-state index in [1.807, 2.05) is 115 Å². The second-order valence-corrected chi connectivity index (χ2v) is 24.5. The Labute approximate surface area is 566 Å². The predicted molar refractivity (Wildman–Crippen MR) is 399 cm³/mol. The van der Waals surface area contributed by atoms with Crippen LogP contribution in [0.15, 0.2) is 328 Å². The maximum absolute atomic E-state index is 10.1. The molecule has 0 bridgehead atoms. The fraction of sp³-hybridized carbons (Fsp3) is 0. The monoisotopic (exact) mass is 1250 g/mol. The van der Waals surface area contributed by atoms with Gasteiger partial charge >= 0.3 is 0 Å². The van der Waals surface area contributed by atoms with Crippen molar-refractivity contribution in [3.63, 3.8) is 0 Å². The molecule has 0 saturated carbocycles. The van der Waals surface area contributed by atoms with Crippen molar-refractivity contribution in [2.45, 2.75) is 0 Å². The summed E-state index contributed by atoms with van der Waals surface area (Å²) in [6, 6.07) is 118. The number of nitriles is 2. The molecule has 3 heterocycles. The zero-order chi connectivity index (χ0) is 65.6. The second kappa shape index (κ2) is 24.6. The maximum atomic E-state index is 10.1. The molecule has 0 spiro atoms. The first kappa shape index (κ1) is 58.0. The smallest absolute Gasteiger partial charge is 0.187 e.